The number of nitrogens with one attached hydrogen (secondary N) is 1. The maximum atomic E-state index is 11.2. The summed E-state index contributed by atoms with van der Waals surface area (Å²) in [7, 11) is 0. The fraction of sp³-hybridized carbons (Fsp3) is 0.385. The summed E-state index contributed by atoms with van der Waals surface area (Å²) in [5.74, 6) is 0.0530. The summed E-state index contributed by atoms with van der Waals surface area (Å²) in [6.45, 7) is 4.50. The second kappa shape index (κ2) is 6.08. The molecular weight excluding hydrogens is 239 g/mol. The van der Waals surface area contributed by atoms with Gasteiger partial charge in [0.1, 0.15) is 0 Å². The van der Waals surface area contributed by atoms with Crippen molar-refractivity contribution >= 4 is 10.9 Å². The molecule has 0 aliphatic carbocycles. The van der Waals surface area contributed by atoms with E-state index in [1.54, 1.807) is 12.1 Å². The van der Waals surface area contributed by atoms with Crippen LogP contribution in [-0.4, -0.2) is 36.2 Å². The number of ether oxygens (including phenoxy) is 1. The zero-order valence-electron chi connectivity index (χ0n) is 10.6. The molecule has 1 aliphatic rings. The Kier molecular flexibility index (Phi) is 4.70. The number of hydrogen-bond donors (Lipinski definition) is 1. The summed E-state index contributed by atoms with van der Waals surface area (Å²) in [5.41, 5.74) is 2.18. The van der Waals surface area contributed by atoms with Gasteiger partial charge in [-0.25, -0.2) is 0 Å². The maximum Gasteiger partial charge on any atom is 1.00 e. The summed E-state index contributed by atoms with van der Waals surface area (Å²) in [4.78, 5) is 5.53. The number of fused-ring (bicyclic) bond motifs is 1. The van der Waals surface area contributed by atoms with Crippen molar-refractivity contribution in [1.29, 1.82) is 0 Å². The zero-order chi connectivity index (χ0) is 11.7. The summed E-state index contributed by atoms with van der Waals surface area (Å²) < 4.78 is 5.33. The van der Waals surface area contributed by atoms with Crippen LogP contribution in [0.25, 0.3) is 10.9 Å². The van der Waals surface area contributed by atoms with E-state index in [0.717, 1.165) is 43.8 Å². The normalized spacial score (nSPS) is 16.7. The minimum Gasteiger partial charge on any atom is -0.872 e. The van der Waals surface area contributed by atoms with Gasteiger partial charge in [0, 0.05) is 36.7 Å². The van der Waals surface area contributed by atoms with Crippen LogP contribution in [0.3, 0.4) is 0 Å². The van der Waals surface area contributed by atoms with Crippen LogP contribution in [0.5, 0.6) is 5.75 Å². The quantitative estimate of drug-likeness (QED) is 0.636. The molecule has 1 aromatic carbocycles. The van der Waals surface area contributed by atoms with E-state index >= 15 is 0 Å². The molecule has 0 unspecified atom stereocenters. The summed E-state index contributed by atoms with van der Waals surface area (Å²) in [5, 5.41) is 12.4. The van der Waals surface area contributed by atoms with E-state index in [-0.39, 0.29) is 35.3 Å². The Morgan fingerprint density at radius 2 is 2.06 bits per heavy atom. The molecule has 5 heteroatoms. The number of aromatic nitrogens is 1. The average Bonchev–Trinajstić information content (AvgIpc) is 2.73. The smallest absolute Gasteiger partial charge is 0.872 e. The number of morpholine rings is 1. The number of benzene rings is 1. The second-order valence-electron chi connectivity index (χ2n) is 4.41. The van der Waals surface area contributed by atoms with E-state index in [4.69, 9.17) is 4.74 Å². The van der Waals surface area contributed by atoms with Gasteiger partial charge in [0.2, 0.25) is 0 Å². The molecule has 4 nitrogen and oxygen atoms in total. The van der Waals surface area contributed by atoms with Gasteiger partial charge in [0.05, 0.1) is 13.2 Å². The molecule has 2 aromatic rings. The van der Waals surface area contributed by atoms with Crippen LogP contribution >= 0.6 is 0 Å². The van der Waals surface area contributed by atoms with Crippen LogP contribution in [-0.2, 0) is 11.3 Å². The predicted molar refractivity (Wildman–Crippen MR) is 63.8 cm³/mol. The van der Waals surface area contributed by atoms with Crippen molar-refractivity contribution in [1.82, 2.24) is 9.88 Å². The average molecular weight is 254 g/mol. The van der Waals surface area contributed by atoms with Gasteiger partial charge < -0.3 is 14.8 Å². The molecule has 0 amide bonds. The Balaban J connectivity index is 0.00000120. The molecule has 1 fully saturated rings. The van der Waals surface area contributed by atoms with Crippen molar-refractivity contribution in [3.63, 3.8) is 0 Å². The largest absolute Gasteiger partial charge is 1.00 e. The monoisotopic (exact) mass is 254 g/mol. The first-order chi connectivity index (χ1) is 8.33. The van der Waals surface area contributed by atoms with Crippen LogP contribution in [0, 0.1) is 0 Å². The Morgan fingerprint density at radius 3 is 2.83 bits per heavy atom. The fourth-order valence-electron chi connectivity index (χ4n) is 2.30. The predicted octanol–water partition coefficient (Wildman–Crippen LogP) is -1.92. The first kappa shape index (κ1) is 13.9. The third kappa shape index (κ3) is 2.90. The SMILES string of the molecule is [Na+].[O-]c1ccc2c(CN3CCOCC3)c[nH]c2c1. The Morgan fingerprint density at radius 1 is 1.28 bits per heavy atom. The summed E-state index contributed by atoms with van der Waals surface area (Å²) >= 11 is 0. The number of H-pyrrole nitrogens is 1. The molecule has 0 spiro atoms. The maximum absolute atomic E-state index is 11.2. The minimum atomic E-state index is 0. The number of aromatic amines is 1. The van der Waals surface area contributed by atoms with Crippen LogP contribution in [0.15, 0.2) is 24.4 Å². The molecule has 0 bridgehead atoms. The fourth-order valence-corrected chi connectivity index (χ4v) is 2.30. The van der Waals surface area contributed by atoms with Gasteiger partial charge in [-0.05, 0) is 11.6 Å². The van der Waals surface area contributed by atoms with E-state index in [1.807, 2.05) is 12.3 Å². The molecule has 2 heterocycles. The van der Waals surface area contributed by atoms with E-state index in [0.29, 0.717) is 0 Å². The van der Waals surface area contributed by atoms with Gasteiger partial charge in [-0.15, -0.1) is 5.75 Å². The van der Waals surface area contributed by atoms with Crippen molar-refractivity contribution in [2.45, 2.75) is 6.54 Å². The molecule has 1 aromatic heterocycles. The molecule has 0 radical (unpaired) electrons. The van der Waals surface area contributed by atoms with Gasteiger partial charge in [-0.2, -0.15) is 0 Å². The Labute approximate surface area is 128 Å². The van der Waals surface area contributed by atoms with Crippen LogP contribution < -0.4 is 34.7 Å². The number of rotatable bonds is 2. The Hall–Kier alpha value is -0.520. The molecule has 1 N–H and O–H groups in total. The van der Waals surface area contributed by atoms with E-state index in [9.17, 15) is 5.11 Å². The zero-order valence-corrected chi connectivity index (χ0v) is 12.6. The molecule has 3 rings (SSSR count). The van der Waals surface area contributed by atoms with Crippen molar-refractivity contribution in [2.24, 2.45) is 0 Å². The molecule has 0 saturated carbocycles. The Bertz CT molecular complexity index is 521. The minimum absolute atomic E-state index is 0. The molecular formula is C13H15N2NaO2. The van der Waals surface area contributed by atoms with E-state index < -0.39 is 0 Å². The van der Waals surface area contributed by atoms with Crippen molar-refractivity contribution in [3.05, 3.63) is 30.0 Å². The van der Waals surface area contributed by atoms with E-state index in [1.165, 1.54) is 5.56 Å². The molecule has 90 valence electrons. The van der Waals surface area contributed by atoms with Crippen molar-refractivity contribution < 1.29 is 39.4 Å². The topological polar surface area (TPSA) is 51.3 Å². The van der Waals surface area contributed by atoms with Crippen LogP contribution in [0.4, 0.5) is 0 Å². The third-order valence-corrected chi connectivity index (χ3v) is 3.24. The number of nitrogens with zero attached hydrogens (tertiary/aromatic N) is 1. The standard InChI is InChI=1S/C13H16N2O2.Na/c16-11-1-2-12-10(8-14-13(12)7-11)9-15-3-5-17-6-4-15;/h1-2,7-8,14,16H,3-6,9H2;/q;+1/p-1. The van der Waals surface area contributed by atoms with Crippen molar-refractivity contribution in [3.8, 4) is 5.75 Å². The molecule has 0 atom stereocenters. The van der Waals surface area contributed by atoms with Gasteiger partial charge in [0.25, 0.3) is 0 Å². The van der Waals surface area contributed by atoms with Gasteiger partial charge >= 0.3 is 29.6 Å². The molecule has 18 heavy (non-hydrogen) atoms. The second-order valence-corrected chi connectivity index (χ2v) is 4.41. The van der Waals surface area contributed by atoms with Gasteiger partial charge in [-0.3, -0.25) is 4.90 Å². The van der Waals surface area contributed by atoms with Crippen molar-refractivity contribution in [2.75, 3.05) is 26.3 Å². The molecule has 1 saturated heterocycles. The number of hydrogen-bond acceptors (Lipinski definition) is 3. The summed E-state index contributed by atoms with van der Waals surface area (Å²) in [6.07, 6.45) is 2.00. The first-order valence-corrected chi connectivity index (χ1v) is 5.90. The van der Waals surface area contributed by atoms with Crippen LogP contribution in [0.1, 0.15) is 5.56 Å². The van der Waals surface area contributed by atoms with Gasteiger partial charge in [0.15, 0.2) is 0 Å². The third-order valence-electron chi connectivity index (χ3n) is 3.24. The molecule has 1 aliphatic heterocycles. The van der Waals surface area contributed by atoms with Crippen LogP contribution in [0.2, 0.25) is 0 Å². The van der Waals surface area contributed by atoms with E-state index in [2.05, 4.69) is 9.88 Å². The first-order valence-electron chi connectivity index (χ1n) is 5.90. The summed E-state index contributed by atoms with van der Waals surface area (Å²) in [6, 6.07) is 5.18. The van der Waals surface area contributed by atoms with Gasteiger partial charge in [-0.1, -0.05) is 12.1 Å².